The van der Waals surface area contributed by atoms with Gasteiger partial charge < -0.3 is 9.47 Å². The molecule has 116 valence electrons. The van der Waals surface area contributed by atoms with Crippen molar-refractivity contribution in [1.29, 1.82) is 0 Å². The largest absolute Gasteiger partial charge is 0.464 e. The number of ether oxygens (including phenoxy) is 2. The highest BCUT2D eigenvalue weighted by atomic mass is 127. The maximum absolute atomic E-state index is 12.4. The molecule has 1 aromatic rings. The van der Waals surface area contributed by atoms with Crippen LogP contribution in [0.25, 0.3) is 0 Å². The number of benzene rings is 1. The average molecular weight is 403 g/mol. The lowest BCUT2D eigenvalue weighted by Gasteiger charge is -2.30. The molecule has 2 rings (SSSR count). The van der Waals surface area contributed by atoms with E-state index in [1.807, 2.05) is 38.1 Å². The average Bonchev–Trinajstić information content (AvgIpc) is 2.99. The first kappa shape index (κ1) is 16.7. The topological polar surface area (TPSA) is 47.6 Å². The summed E-state index contributed by atoms with van der Waals surface area (Å²) in [7, 11) is 0. The number of rotatable bonds is 6. The number of carbonyl (C=O) groups excluding carboxylic acids is 1. The monoisotopic (exact) mass is 403 g/mol. The molecule has 0 aromatic heterocycles. The summed E-state index contributed by atoms with van der Waals surface area (Å²) in [6.07, 6.45) is 2.31. The molecule has 1 saturated heterocycles. The number of nitrogens with one attached hydrogen (secondary N) is 1. The molecule has 1 aromatic carbocycles. The zero-order valence-corrected chi connectivity index (χ0v) is 14.7. The first-order valence-corrected chi connectivity index (χ1v) is 8.44. The molecule has 5 heteroatoms. The third-order valence-electron chi connectivity index (χ3n) is 3.81. The zero-order valence-electron chi connectivity index (χ0n) is 12.5. The Morgan fingerprint density at radius 3 is 2.76 bits per heavy atom. The van der Waals surface area contributed by atoms with Gasteiger partial charge in [0, 0.05) is 16.7 Å². The van der Waals surface area contributed by atoms with Gasteiger partial charge in [-0.3, -0.25) is 5.32 Å². The van der Waals surface area contributed by atoms with Gasteiger partial charge in [0.2, 0.25) is 0 Å². The van der Waals surface area contributed by atoms with E-state index in [0.29, 0.717) is 13.2 Å². The lowest BCUT2D eigenvalue weighted by Crippen LogP contribution is -2.50. The molecule has 0 radical (unpaired) electrons. The number of hydrogen-bond acceptors (Lipinski definition) is 4. The fraction of sp³-hybridized carbons (Fsp3) is 0.562. The Kier molecular flexibility index (Phi) is 6.01. The fourth-order valence-electron chi connectivity index (χ4n) is 2.47. The van der Waals surface area contributed by atoms with Gasteiger partial charge in [-0.15, -0.1) is 0 Å². The summed E-state index contributed by atoms with van der Waals surface area (Å²) in [5.41, 5.74) is 0.0751. The lowest BCUT2D eigenvalue weighted by molar-refractivity contribution is -0.151. The van der Waals surface area contributed by atoms with Crippen molar-refractivity contribution in [3.63, 3.8) is 0 Å². The van der Waals surface area contributed by atoms with Gasteiger partial charge in [0.25, 0.3) is 0 Å². The van der Waals surface area contributed by atoms with E-state index in [1.54, 1.807) is 0 Å². The lowest BCUT2D eigenvalue weighted by atomic mass is 9.91. The van der Waals surface area contributed by atoms with E-state index >= 15 is 0 Å². The maximum Gasteiger partial charge on any atom is 0.330 e. The molecule has 1 N–H and O–H groups in total. The van der Waals surface area contributed by atoms with E-state index < -0.39 is 5.54 Å². The molecule has 1 heterocycles. The summed E-state index contributed by atoms with van der Waals surface area (Å²) in [5, 5.41) is 3.36. The minimum atomic E-state index is -0.841. The fourth-order valence-corrected chi connectivity index (χ4v) is 2.83. The van der Waals surface area contributed by atoms with E-state index in [4.69, 9.17) is 9.47 Å². The van der Waals surface area contributed by atoms with Crippen molar-refractivity contribution >= 4 is 28.6 Å². The molecule has 0 bridgehead atoms. The van der Waals surface area contributed by atoms with Crippen LogP contribution in [-0.2, 0) is 19.8 Å². The molecule has 21 heavy (non-hydrogen) atoms. The Morgan fingerprint density at radius 1 is 1.48 bits per heavy atom. The van der Waals surface area contributed by atoms with Gasteiger partial charge >= 0.3 is 5.97 Å². The molecule has 1 aliphatic heterocycles. The van der Waals surface area contributed by atoms with Crippen molar-refractivity contribution in [2.24, 2.45) is 0 Å². The minimum absolute atomic E-state index is 0.183. The molecule has 0 spiro atoms. The second kappa shape index (κ2) is 7.56. The van der Waals surface area contributed by atoms with Crippen molar-refractivity contribution in [1.82, 2.24) is 5.32 Å². The summed E-state index contributed by atoms with van der Waals surface area (Å²) in [4.78, 5) is 12.4. The van der Waals surface area contributed by atoms with E-state index in [-0.39, 0.29) is 12.1 Å². The number of halogens is 1. The van der Waals surface area contributed by atoms with Crippen LogP contribution in [0.4, 0.5) is 0 Å². The maximum atomic E-state index is 12.4. The molecule has 0 amide bonds. The normalized spacial score (nSPS) is 21.0. The Labute approximate surface area is 139 Å². The van der Waals surface area contributed by atoms with E-state index in [9.17, 15) is 4.79 Å². The van der Waals surface area contributed by atoms with Crippen LogP contribution in [0.5, 0.6) is 0 Å². The molecule has 1 aliphatic rings. The molecule has 2 atom stereocenters. The van der Waals surface area contributed by atoms with E-state index in [2.05, 4.69) is 27.9 Å². The Hall–Kier alpha value is -0.660. The summed E-state index contributed by atoms with van der Waals surface area (Å²) in [5.74, 6) is -0.246. The van der Waals surface area contributed by atoms with Crippen LogP contribution in [0.2, 0.25) is 0 Å². The summed E-state index contributed by atoms with van der Waals surface area (Å²) < 4.78 is 12.0. The smallest absolute Gasteiger partial charge is 0.330 e. The van der Waals surface area contributed by atoms with Gasteiger partial charge in [-0.1, -0.05) is 12.1 Å². The molecular weight excluding hydrogens is 381 g/mol. The van der Waals surface area contributed by atoms with Crippen molar-refractivity contribution in [3.8, 4) is 0 Å². The predicted molar refractivity (Wildman–Crippen MR) is 90.1 cm³/mol. The molecule has 0 saturated carbocycles. The second-order valence-corrected chi connectivity index (χ2v) is 6.61. The van der Waals surface area contributed by atoms with Crippen LogP contribution in [0.15, 0.2) is 24.3 Å². The number of carbonyl (C=O) groups is 1. The number of esters is 1. The summed E-state index contributed by atoms with van der Waals surface area (Å²) in [6, 6.07) is 7.95. The van der Waals surface area contributed by atoms with Gasteiger partial charge in [-0.05, 0) is 67.0 Å². The van der Waals surface area contributed by atoms with Crippen LogP contribution < -0.4 is 5.32 Å². The van der Waals surface area contributed by atoms with Crippen molar-refractivity contribution in [2.45, 2.75) is 38.3 Å². The molecule has 2 unspecified atom stereocenters. The minimum Gasteiger partial charge on any atom is -0.464 e. The third-order valence-corrected chi connectivity index (χ3v) is 4.53. The van der Waals surface area contributed by atoms with Crippen LogP contribution >= 0.6 is 22.6 Å². The van der Waals surface area contributed by atoms with Gasteiger partial charge in [0.1, 0.15) is 5.54 Å². The quantitative estimate of drug-likeness (QED) is 0.586. The first-order chi connectivity index (χ1) is 10.1. The Morgan fingerprint density at radius 2 is 2.19 bits per heavy atom. The zero-order chi connectivity index (χ0) is 15.3. The second-order valence-electron chi connectivity index (χ2n) is 5.37. The molecule has 4 nitrogen and oxygen atoms in total. The van der Waals surface area contributed by atoms with Crippen molar-refractivity contribution < 1.29 is 14.3 Å². The third kappa shape index (κ3) is 4.17. The highest BCUT2D eigenvalue weighted by molar-refractivity contribution is 14.1. The van der Waals surface area contributed by atoms with Crippen LogP contribution in [-0.4, -0.2) is 31.8 Å². The highest BCUT2D eigenvalue weighted by Gasteiger charge is 2.37. The predicted octanol–water partition coefficient (Wildman–Crippen LogP) is 2.84. The van der Waals surface area contributed by atoms with Crippen LogP contribution in [0, 0.1) is 3.57 Å². The van der Waals surface area contributed by atoms with Crippen LogP contribution in [0.1, 0.15) is 32.3 Å². The highest BCUT2D eigenvalue weighted by Crippen LogP contribution is 2.24. The summed E-state index contributed by atoms with van der Waals surface area (Å²) >= 11 is 2.25. The van der Waals surface area contributed by atoms with E-state index in [0.717, 1.165) is 28.6 Å². The van der Waals surface area contributed by atoms with E-state index in [1.165, 1.54) is 0 Å². The van der Waals surface area contributed by atoms with Gasteiger partial charge in [-0.25, -0.2) is 4.79 Å². The molecular formula is C16H22INO3. The Balaban J connectivity index is 2.16. The van der Waals surface area contributed by atoms with Crippen LogP contribution in [0.3, 0.4) is 0 Å². The van der Waals surface area contributed by atoms with Crippen molar-refractivity contribution in [2.75, 3.05) is 19.8 Å². The van der Waals surface area contributed by atoms with Crippen molar-refractivity contribution in [3.05, 3.63) is 33.4 Å². The van der Waals surface area contributed by atoms with Gasteiger partial charge in [0.15, 0.2) is 0 Å². The molecule has 1 fully saturated rings. The SMILES string of the molecule is CCOC(=O)C(C)(NCC1CCCO1)c1ccc(I)cc1. The molecule has 0 aliphatic carbocycles. The Bertz CT molecular complexity index is 471. The first-order valence-electron chi connectivity index (χ1n) is 7.36. The van der Waals surface area contributed by atoms with Gasteiger partial charge in [-0.2, -0.15) is 0 Å². The number of hydrogen-bond donors (Lipinski definition) is 1. The van der Waals surface area contributed by atoms with Gasteiger partial charge in [0.05, 0.1) is 12.7 Å². The summed E-state index contributed by atoms with van der Waals surface area (Å²) in [6.45, 7) is 5.54. The standard InChI is InChI=1S/C16H22INO3/c1-3-20-15(19)16(2,12-6-8-13(17)9-7-12)18-11-14-5-4-10-21-14/h6-9,14,18H,3-5,10-11H2,1-2H3.